The van der Waals surface area contributed by atoms with Crippen molar-refractivity contribution in [3.8, 4) is 11.3 Å². The SMILES string of the molecule is C[C@@H]1CCn2nc(-c3ccc(C(=O)Nc4cc(C(F)(F)F)ccn4)cc3)c3c(N)ncc(c32)/C=C/CO[C@H](C)C(=O)N1. The monoisotopic (exact) mass is 579 g/mol. The molecule has 4 N–H and O–H groups in total. The number of carbonyl (C=O) groups is 2. The van der Waals surface area contributed by atoms with Crippen LogP contribution in [-0.2, 0) is 22.3 Å². The highest BCUT2D eigenvalue weighted by Gasteiger charge is 2.31. The molecule has 1 aliphatic rings. The topological polar surface area (TPSA) is 137 Å². The molecule has 2 atom stereocenters. The van der Waals surface area contributed by atoms with Gasteiger partial charge in [-0.05, 0) is 44.5 Å². The van der Waals surface area contributed by atoms with E-state index in [1.165, 1.54) is 0 Å². The molecule has 0 spiro atoms. The molecule has 13 heteroatoms. The Morgan fingerprint density at radius 2 is 1.93 bits per heavy atom. The lowest BCUT2D eigenvalue weighted by molar-refractivity contribution is -0.137. The van der Waals surface area contributed by atoms with Gasteiger partial charge in [-0.15, -0.1) is 0 Å². The molecule has 0 unspecified atom stereocenters. The van der Waals surface area contributed by atoms with E-state index in [2.05, 4.69) is 20.6 Å². The van der Waals surface area contributed by atoms with Crippen LogP contribution in [-0.4, -0.2) is 50.3 Å². The zero-order valence-corrected chi connectivity index (χ0v) is 22.8. The van der Waals surface area contributed by atoms with Crippen LogP contribution in [0.4, 0.5) is 24.8 Å². The second kappa shape index (κ2) is 11.6. The number of nitrogen functional groups attached to an aromatic ring is 1. The highest BCUT2D eigenvalue weighted by molar-refractivity contribution is 6.06. The van der Waals surface area contributed by atoms with Gasteiger partial charge in [-0.3, -0.25) is 14.3 Å². The van der Waals surface area contributed by atoms with Crippen LogP contribution < -0.4 is 16.4 Å². The van der Waals surface area contributed by atoms with Crippen LogP contribution in [0.25, 0.3) is 28.2 Å². The molecule has 5 rings (SSSR count). The number of benzene rings is 1. The standard InChI is InChI=1S/C29H28F3N7O3/c1-16-10-12-39-25-20(4-3-13-42-17(2)27(40)36-16)15-35-26(33)23(25)24(38-39)18-5-7-19(8-6-18)28(41)37-22-14-21(9-11-34-22)29(30,31)32/h3-9,11,14-17H,10,12-13H2,1-2H3,(H2,33,35)(H,36,40)(H,34,37,41)/b4-3+/t16-,17-/m1/s1. The molecule has 0 saturated carbocycles. The third kappa shape index (κ3) is 6.10. The molecule has 3 aromatic heterocycles. The highest BCUT2D eigenvalue weighted by atomic mass is 19.4. The van der Waals surface area contributed by atoms with Crippen LogP contribution >= 0.6 is 0 Å². The van der Waals surface area contributed by atoms with Crippen molar-refractivity contribution >= 4 is 40.4 Å². The van der Waals surface area contributed by atoms with E-state index >= 15 is 0 Å². The van der Waals surface area contributed by atoms with E-state index in [1.807, 2.05) is 17.7 Å². The minimum atomic E-state index is -4.56. The Morgan fingerprint density at radius 1 is 1.17 bits per heavy atom. The molecule has 10 nitrogen and oxygen atoms in total. The summed E-state index contributed by atoms with van der Waals surface area (Å²) in [5.74, 6) is -0.756. The van der Waals surface area contributed by atoms with Crippen LogP contribution in [0.5, 0.6) is 0 Å². The van der Waals surface area contributed by atoms with Gasteiger partial charge in [0.25, 0.3) is 5.91 Å². The van der Waals surface area contributed by atoms with Crippen molar-refractivity contribution in [1.82, 2.24) is 25.1 Å². The largest absolute Gasteiger partial charge is 0.416 e. The fourth-order valence-electron chi connectivity index (χ4n) is 4.59. The van der Waals surface area contributed by atoms with Gasteiger partial charge in [0.15, 0.2) is 0 Å². The summed E-state index contributed by atoms with van der Waals surface area (Å²) in [6, 6.07) is 7.89. The zero-order valence-electron chi connectivity index (χ0n) is 22.8. The van der Waals surface area contributed by atoms with Gasteiger partial charge in [0, 0.05) is 41.7 Å². The number of hydrogen-bond acceptors (Lipinski definition) is 7. The molecule has 0 aliphatic carbocycles. The average Bonchev–Trinajstić information content (AvgIpc) is 3.35. The summed E-state index contributed by atoms with van der Waals surface area (Å²) in [4.78, 5) is 33.4. The summed E-state index contributed by atoms with van der Waals surface area (Å²) in [6.07, 6.45) is 1.70. The maximum absolute atomic E-state index is 13.0. The molecular weight excluding hydrogens is 551 g/mol. The summed E-state index contributed by atoms with van der Waals surface area (Å²) in [5, 5.41) is 10.8. The average molecular weight is 580 g/mol. The predicted molar refractivity (Wildman–Crippen MR) is 151 cm³/mol. The lowest BCUT2D eigenvalue weighted by Crippen LogP contribution is -2.40. The smallest absolute Gasteiger partial charge is 0.383 e. The Kier molecular flexibility index (Phi) is 7.94. The van der Waals surface area contributed by atoms with Crippen LogP contribution in [0.3, 0.4) is 0 Å². The minimum Gasteiger partial charge on any atom is -0.383 e. The van der Waals surface area contributed by atoms with E-state index in [1.54, 1.807) is 43.5 Å². The molecule has 0 bridgehead atoms. The van der Waals surface area contributed by atoms with Gasteiger partial charge in [-0.1, -0.05) is 24.3 Å². The second-order valence-corrected chi connectivity index (χ2v) is 9.93. The quantitative estimate of drug-likeness (QED) is 0.321. The molecule has 1 aliphatic heterocycles. The molecule has 0 fully saturated rings. The number of rotatable bonds is 3. The molecule has 42 heavy (non-hydrogen) atoms. The van der Waals surface area contributed by atoms with Crippen LogP contribution in [0.15, 0.2) is 54.9 Å². The van der Waals surface area contributed by atoms with Gasteiger partial charge >= 0.3 is 6.18 Å². The van der Waals surface area contributed by atoms with E-state index in [4.69, 9.17) is 15.6 Å². The first-order chi connectivity index (χ1) is 20.0. The summed E-state index contributed by atoms with van der Waals surface area (Å²) in [5.41, 5.74) is 8.37. The number of nitrogens with two attached hydrogens (primary N) is 1. The third-order valence-corrected chi connectivity index (χ3v) is 6.85. The fourth-order valence-corrected chi connectivity index (χ4v) is 4.59. The number of nitrogens with one attached hydrogen (secondary N) is 2. The first-order valence-electron chi connectivity index (χ1n) is 13.2. The van der Waals surface area contributed by atoms with E-state index < -0.39 is 23.8 Å². The Bertz CT molecular complexity index is 1670. The maximum atomic E-state index is 13.0. The number of halogens is 3. The number of aromatic nitrogens is 4. The van der Waals surface area contributed by atoms with E-state index in [0.717, 1.165) is 29.4 Å². The molecule has 4 aromatic rings. The van der Waals surface area contributed by atoms with Crippen molar-refractivity contribution in [2.75, 3.05) is 17.7 Å². The number of pyridine rings is 2. The first-order valence-corrected chi connectivity index (χ1v) is 13.2. The number of carbonyl (C=O) groups excluding carboxylic acids is 2. The third-order valence-electron chi connectivity index (χ3n) is 6.85. The minimum absolute atomic E-state index is 0.147. The summed E-state index contributed by atoms with van der Waals surface area (Å²) in [7, 11) is 0. The van der Waals surface area contributed by atoms with Crippen molar-refractivity contribution < 1.29 is 27.5 Å². The lowest BCUT2D eigenvalue weighted by Gasteiger charge is -2.17. The fraction of sp³-hybridized carbons (Fsp3) is 0.276. The summed E-state index contributed by atoms with van der Waals surface area (Å²) in [6.45, 7) is 4.30. The van der Waals surface area contributed by atoms with Crippen molar-refractivity contribution in [1.29, 1.82) is 0 Å². The number of aryl methyl sites for hydroxylation is 1. The Morgan fingerprint density at radius 3 is 2.67 bits per heavy atom. The highest BCUT2D eigenvalue weighted by Crippen LogP contribution is 2.34. The van der Waals surface area contributed by atoms with Gasteiger partial charge in [0.05, 0.1) is 23.1 Å². The van der Waals surface area contributed by atoms with Gasteiger partial charge in [-0.2, -0.15) is 18.3 Å². The molecule has 0 saturated heterocycles. The number of nitrogens with zero attached hydrogens (tertiary/aromatic N) is 4. The van der Waals surface area contributed by atoms with Crippen molar-refractivity contribution in [3.05, 3.63) is 71.6 Å². The summed E-state index contributed by atoms with van der Waals surface area (Å²) >= 11 is 0. The van der Waals surface area contributed by atoms with Crippen LogP contribution in [0.1, 0.15) is 41.8 Å². The molecular formula is C29H28F3N7O3. The summed E-state index contributed by atoms with van der Waals surface area (Å²) < 4.78 is 46.5. The van der Waals surface area contributed by atoms with Gasteiger partial charge in [0.1, 0.15) is 23.4 Å². The van der Waals surface area contributed by atoms with Gasteiger partial charge < -0.3 is 21.1 Å². The van der Waals surface area contributed by atoms with E-state index in [9.17, 15) is 22.8 Å². The first kappa shape index (κ1) is 28.7. The normalized spacial score (nSPS) is 18.8. The Hall–Kier alpha value is -4.78. The Balaban J connectivity index is 1.47. The maximum Gasteiger partial charge on any atom is 0.416 e. The van der Waals surface area contributed by atoms with Gasteiger partial charge in [0.2, 0.25) is 5.91 Å². The second-order valence-electron chi connectivity index (χ2n) is 9.93. The molecule has 4 heterocycles. The lowest BCUT2D eigenvalue weighted by atomic mass is 10.0. The predicted octanol–water partition coefficient (Wildman–Crippen LogP) is 4.67. The van der Waals surface area contributed by atoms with Gasteiger partial charge in [-0.25, -0.2) is 9.97 Å². The number of alkyl halides is 3. The van der Waals surface area contributed by atoms with Crippen molar-refractivity contribution in [3.63, 3.8) is 0 Å². The Labute approximate surface area is 238 Å². The van der Waals surface area contributed by atoms with E-state index in [0.29, 0.717) is 29.6 Å². The molecule has 218 valence electrons. The molecule has 1 aromatic carbocycles. The zero-order chi connectivity index (χ0) is 30.0. The van der Waals surface area contributed by atoms with Crippen molar-refractivity contribution in [2.24, 2.45) is 0 Å². The van der Waals surface area contributed by atoms with Crippen LogP contribution in [0.2, 0.25) is 0 Å². The number of amides is 2. The van der Waals surface area contributed by atoms with Crippen molar-refractivity contribution in [2.45, 2.75) is 45.1 Å². The molecule has 2 amide bonds. The van der Waals surface area contributed by atoms with E-state index in [-0.39, 0.29) is 35.8 Å². The molecule has 0 radical (unpaired) electrons. The van der Waals surface area contributed by atoms with Crippen LogP contribution in [0, 0.1) is 0 Å². The number of ether oxygens (including phenoxy) is 1. The number of anilines is 2. The number of hydrogen-bond donors (Lipinski definition) is 3.